The highest BCUT2D eigenvalue weighted by Gasteiger charge is 2.36. The minimum absolute atomic E-state index is 0.301. The third-order valence-electron chi connectivity index (χ3n) is 4.40. The summed E-state index contributed by atoms with van der Waals surface area (Å²) in [6, 6.07) is 14.5. The molecule has 0 aliphatic carbocycles. The van der Waals surface area contributed by atoms with E-state index < -0.39 is 11.8 Å². The number of fused-ring (bicyclic) bond motifs is 2. The van der Waals surface area contributed by atoms with Crippen LogP contribution >= 0.6 is 15.9 Å². The molecule has 3 aromatic rings. The Morgan fingerprint density at radius 1 is 1.04 bits per heavy atom. The molecule has 27 heavy (non-hydrogen) atoms. The molecule has 4 rings (SSSR count). The zero-order chi connectivity index (χ0) is 19.0. The molecular formula is C20H15BrN2O4. The first-order valence-electron chi connectivity index (χ1n) is 8.43. The Kier molecular flexibility index (Phi) is 4.53. The number of para-hydroxylation sites is 1. The van der Waals surface area contributed by atoms with E-state index in [9.17, 15) is 14.4 Å². The number of nitrogens with zero attached hydrogens (tertiary/aromatic N) is 1. The number of benzene rings is 2. The number of hydrogen-bond donors (Lipinski definition) is 1. The predicted octanol–water partition coefficient (Wildman–Crippen LogP) is 3.15. The van der Waals surface area contributed by atoms with Crippen LogP contribution in [0.3, 0.4) is 0 Å². The van der Waals surface area contributed by atoms with Gasteiger partial charge in [-0.05, 0) is 30.3 Å². The third kappa shape index (κ3) is 3.38. The van der Waals surface area contributed by atoms with Crippen molar-refractivity contribution >= 4 is 44.6 Å². The molecule has 1 N–H and O–H groups in total. The van der Waals surface area contributed by atoms with E-state index in [0.717, 1.165) is 21.6 Å². The van der Waals surface area contributed by atoms with Crippen LogP contribution in [0.5, 0.6) is 0 Å². The summed E-state index contributed by atoms with van der Waals surface area (Å²) in [5.74, 6) is -0.527. The number of amides is 3. The Morgan fingerprint density at radius 3 is 2.63 bits per heavy atom. The molecule has 1 aliphatic heterocycles. The highest BCUT2D eigenvalue weighted by atomic mass is 79.9. The average molecular weight is 427 g/mol. The van der Waals surface area contributed by atoms with Gasteiger partial charge in [0.1, 0.15) is 17.9 Å². The van der Waals surface area contributed by atoms with Crippen molar-refractivity contribution in [2.45, 2.75) is 6.42 Å². The summed E-state index contributed by atoms with van der Waals surface area (Å²) in [5, 5.41) is 3.74. The standard InChI is InChI=1S/C20H15BrN2O4/c21-13-5-6-15-16(10-13)20(26)23(19(15)25)11-18(24)22-8-7-14-9-12-3-1-2-4-17(12)27-14/h1-6,9-10H,7-8,11H2,(H,22,24). The maximum absolute atomic E-state index is 12.4. The van der Waals surface area contributed by atoms with Gasteiger partial charge in [-0.3, -0.25) is 19.3 Å². The van der Waals surface area contributed by atoms with E-state index in [0.29, 0.717) is 28.6 Å². The van der Waals surface area contributed by atoms with Crippen molar-refractivity contribution in [1.29, 1.82) is 0 Å². The zero-order valence-corrected chi connectivity index (χ0v) is 15.8. The average Bonchev–Trinajstić information content (AvgIpc) is 3.16. The Morgan fingerprint density at radius 2 is 1.81 bits per heavy atom. The zero-order valence-electron chi connectivity index (χ0n) is 14.2. The van der Waals surface area contributed by atoms with E-state index in [2.05, 4.69) is 21.2 Å². The van der Waals surface area contributed by atoms with Crippen LogP contribution in [-0.2, 0) is 11.2 Å². The van der Waals surface area contributed by atoms with Gasteiger partial charge in [0.25, 0.3) is 11.8 Å². The first-order chi connectivity index (χ1) is 13.0. The monoisotopic (exact) mass is 426 g/mol. The van der Waals surface area contributed by atoms with Crippen LogP contribution in [0, 0.1) is 0 Å². The number of furan rings is 1. The lowest BCUT2D eigenvalue weighted by Crippen LogP contribution is -2.40. The Balaban J connectivity index is 1.34. The molecule has 3 amide bonds. The molecule has 7 heteroatoms. The number of carbonyl (C=O) groups is 3. The summed E-state index contributed by atoms with van der Waals surface area (Å²) >= 11 is 3.28. The summed E-state index contributed by atoms with van der Waals surface area (Å²) < 4.78 is 6.40. The van der Waals surface area contributed by atoms with Crippen molar-refractivity contribution < 1.29 is 18.8 Å². The molecule has 0 bridgehead atoms. The molecule has 0 saturated heterocycles. The maximum Gasteiger partial charge on any atom is 0.262 e. The molecule has 0 radical (unpaired) electrons. The fraction of sp³-hybridized carbons (Fsp3) is 0.150. The lowest BCUT2D eigenvalue weighted by Gasteiger charge is -2.13. The summed E-state index contributed by atoms with van der Waals surface area (Å²) in [5.41, 5.74) is 1.43. The highest BCUT2D eigenvalue weighted by molar-refractivity contribution is 9.10. The lowest BCUT2D eigenvalue weighted by molar-refractivity contribution is -0.121. The van der Waals surface area contributed by atoms with Crippen LogP contribution in [0.25, 0.3) is 11.0 Å². The number of hydrogen-bond acceptors (Lipinski definition) is 4. The van der Waals surface area contributed by atoms with E-state index in [-0.39, 0.29) is 12.5 Å². The summed E-state index contributed by atoms with van der Waals surface area (Å²) in [6.07, 6.45) is 0.523. The fourth-order valence-corrected chi connectivity index (χ4v) is 3.45. The van der Waals surface area contributed by atoms with E-state index >= 15 is 0 Å². The van der Waals surface area contributed by atoms with Gasteiger partial charge < -0.3 is 9.73 Å². The van der Waals surface area contributed by atoms with Gasteiger partial charge in [-0.2, -0.15) is 0 Å². The van der Waals surface area contributed by atoms with Gasteiger partial charge in [0.15, 0.2) is 0 Å². The third-order valence-corrected chi connectivity index (χ3v) is 4.90. The number of imide groups is 1. The molecule has 1 aliphatic rings. The molecule has 0 fully saturated rings. The minimum Gasteiger partial charge on any atom is -0.461 e. The summed E-state index contributed by atoms with van der Waals surface area (Å²) in [6.45, 7) is 0.0530. The van der Waals surface area contributed by atoms with E-state index in [1.807, 2.05) is 30.3 Å². The number of carbonyl (C=O) groups excluding carboxylic acids is 3. The second-order valence-corrected chi connectivity index (χ2v) is 7.15. The lowest BCUT2D eigenvalue weighted by atomic mass is 10.1. The Bertz CT molecular complexity index is 1040. The Labute approximate surface area is 163 Å². The maximum atomic E-state index is 12.4. The smallest absolute Gasteiger partial charge is 0.262 e. The van der Waals surface area contributed by atoms with Gasteiger partial charge in [0, 0.05) is 22.8 Å². The second kappa shape index (κ2) is 7.00. The first kappa shape index (κ1) is 17.5. The van der Waals surface area contributed by atoms with Crippen molar-refractivity contribution in [2.75, 3.05) is 13.1 Å². The molecular weight excluding hydrogens is 412 g/mol. The minimum atomic E-state index is -0.455. The van der Waals surface area contributed by atoms with Crippen LogP contribution in [0.4, 0.5) is 0 Å². The molecule has 2 heterocycles. The van der Waals surface area contributed by atoms with Crippen LogP contribution in [-0.4, -0.2) is 35.7 Å². The van der Waals surface area contributed by atoms with Crippen molar-refractivity contribution in [3.63, 3.8) is 0 Å². The van der Waals surface area contributed by atoms with Gasteiger partial charge in [-0.1, -0.05) is 34.1 Å². The molecule has 2 aromatic carbocycles. The van der Waals surface area contributed by atoms with Crippen molar-refractivity contribution in [3.8, 4) is 0 Å². The van der Waals surface area contributed by atoms with Crippen LogP contribution in [0.1, 0.15) is 26.5 Å². The van der Waals surface area contributed by atoms with E-state index in [4.69, 9.17) is 4.42 Å². The molecule has 0 spiro atoms. The molecule has 136 valence electrons. The van der Waals surface area contributed by atoms with Gasteiger partial charge in [-0.15, -0.1) is 0 Å². The van der Waals surface area contributed by atoms with Crippen LogP contribution < -0.4 is 5.32 Å². The predicted molar refractivity (Wildman–Crippen MR) is 102 cm³/mol. The molecule has 0 atom stereocenters. The molecule has 0 unspecified atom stereocenters. The van der Waals surface area contributed by atoms with Crippen molar-refractivity contribution in [3.05, 3.63) is 69.9 Å². The summed E-state index contributed by atoms with van der Waals surface area (Å²) in [7, 11) is 0. The number of rotatable bonds is 5. The number of halogens is 1. The quantitative estimate of drug-likeness (QED) is 0.635. The van der Waals surface area contributed by atoms with Gasteiger partial charge >= 0.3 is 0 Å². The Hall–Kier alpha value is -2.93. The van der Waals surface area contributed by atoms with Crippen LogP contribution in [0.2, 0.25) is 0 Å². The largest absolute Gasteiger partial charge is 0.461 e. The topological polar surface area (TPSA) is 79.6 Å². The highest BCUT2D eigenvalue weighted by Crippen LogP contribution is 2.25. The summed E-state index contributed by atoms with van der Waals surface area (Å²) in [4.78, 5) is 37.9. The second-order valence-electron chi connectivity index (χ2n) is 6.24. The SMILES string of the molecule is O=C(CN1C(=O)c2ccc(Br)cc2C1=O)NCCc1cc2ccccc2o1. The number of nitrogens with one attached hydrogen (secondary N) is 1. The molecule has 6 nitrogen and oxygen atoms in total. The van der Waals surface area contributed by atoms with Gasteiger partial charge in [0.05, 0.1) is 11.1 Å². The normalized spacial score (nSPS) is 13.3. The van der Waals surface area contributed by atoms with Crippen molar-refractivity contribution in [1.82, 2.24) is 10.2 Å². The van der Waals surface area contributed by atoms with E-state index in [1.165, 1.54) is 0 Å². The first-order valence-corrected chi connectivity index (χ1v) is 9.22. The van der Waals surface area contributed by atoms with Crippen molar-refractivity contribution in [2.24, 2.45) is 0 Å². The van der Waals surface area contributed by atoms with Gasteiger partial charge in [-0.25, -0.2) is 0 Å². The van der Waals surface area contributed by atoms with E-state index in [1.54, 1.807) is 18.2 Å². The van der Waals surface area contributed by atoms with Crippen LogP contribution in [0.15, 0.2) is 57.4 Å². The molecule has 0 saturated carbocycles. The van der Waals surface area contributed by atoms with Gasteiger partial charge in [0.2, 0.25) is 5.91 Å². The fourth-order valence-electron chi connectivity index (χ4n) is 3.09. The molecule has 1 aromatic heterocycles.